The molecule has 0 amide bonds. The highest BCUT2D eigenvalue weighted by atomic mass is 16.5. The van der Waals surface area contributed by atoms with E-state index in [1.165, 1.54) is 18.0 Å². The molecular formula is C14H14N4O3. The Labute approximate surface area is 119 Å². The molecular weight excluding hydrogens is 272 g/mol. The van der Waals surface area contributed by atoms with Gasteiger partial charge in [-0.15, -0.1) is 5.10 Å². The third-order valence-corrected chi connectivity index (χ3v) is 3.21. The molecule has 0 unspecified atom stereocenters. The Balaban J connectivity index is 2.27. The van der Waals surface area contributed by atoms with E-state index in [2.05, 4.69) is 15.1 Å². The molecule has 3 aromatic rings. The topological polar surface area (TPSA) is 93.0 Å². The van der Waals surface area contributed by atoms with E-state index in [9.17, 15) is 9.90 Å². The number of phenols is 1. The summed E-state index contributed by atoms with van der Waals surface area (Å²) in [7, 11) is 1.41. The predicted octanol–water partition coefficient (Wildman–Crippen LogP) is 1.44. The summed E-state index contributed by atoms with van der Waals surface area (Å²) < 4.78 is 6.37. The summed E-state index contributed by atoms with van der Waals surface area (Å²) in [5, 5.41) is 14.7. The number of benzene rings is 1. The zero-order valence-electron chi connectivity index (χ0n) is 11.8. The number of hydrogen-bond donors (Lipinski definition) is 2. The van der Waals surface area contributed by atoms with Gasteiger partial charge >= 0.3 is 0 Å². The van der Waals surface area contributed by atoms with Gasteiger partial charge in [0.1, 0.15) is 16.8 Å². The molecule has 0 aliphatic heterocycles. The minimum atomic E-state index is -0.340. The molecule has 21 heavy (non-hydrogen) atoms. The van der Waals surface area contributed by atoms with Crippen LogP contribution in [-0.4, -0.2) is 32.0 Å². The van der Waals surface area contributed by atoms with E-state index < -0.39 is 0 Å². The number of rotatable bonds is 2. The first-order valence-corrected chi connectivity index (χ1v) is 6.34. The standard InChI is InChI=1S/C14H14N4O3/c1-7-4-8(2)11(10(19)5-7)18-6-9-12(17-18)15-14(21-3)16-13(9)20/h4-6,19H,1-3H3,(H,15,16,17,20). The fourth-order valence-electron chi connectivity index (χ4n) is 2.34. The lowest BCUT2D eigenvalue weighted by Crippen LogP contribution is -2.08. The smallest absolute Gasteiger partial charge is 0.298 e. The van der Waals surface area contributed by atoms with E-state index in [1.54, 1.807) is 6.07 Å². The fourth-order valence-corrected chi connectivity index (χ4v) is 2.34. The Morgan fingerprint density at radius 1 is 1.33 bits per heavy atom. The number of fused-ring (bicyclic) bond motifs is 1. The van der Waals surface area contributed by atoms with Crippen LogP contribution in [0.3, 0.4) is 0 Å². The van der Waals surface area contributed by atoms with Crippen LogP contribution < -0.4 is 10.3 Å². The number of methoxy groups -OCH3 is 1. The maximum absolute atomic E-state index is 11.9. The Morgan fingerprint density at radius 2 is 2.10 bits per heavy atom. The van der Waals surface area contributed by atoms with Gasteiger partial charge in [-0.1, -0.05) is 6.07 Å². The summed E-state index contributed by atoms with van der Waals surface area (Å²) in [6, 6.07) is 3.68. The first-order valence-electron chi connectivity index (χ1n) is 6.34. The molecule has 0 saturated carbocycles. The number of aromatic hydroxyl groups is 1. The van der Waals surface area contributed by atoms with Gasteiger partial charge in [0, 0.05) is 6.20 Å². The fraction of sp³-hybridized carbons (Fsp3) is 0.214. The van der Waals surface area contributed by atoms with Crippen molar-refractivity contribution < 1.29 is 9.84 Å². The summed E-state index contributed by atoms with van der Waals surface area (Å²) >= 11 is 0. The number of phenolic OH excluding ortho intramolecular Hbond substituents is 1. The monoisotopic (exact) mass is 286 g/mol. The minimum Gasteiger partial charge on any atom is -0.506 e. The number of aromatic nitrogens is 4. The molecule has 7 heteroatoms. The molecule has 0 radical (unpaired) electrons. The molecule has 0 spiro atoms. The van der Waals surface area contributed by atoms with E-state index in [1.807, 2.05) is 19.9 Å². The van der Waals surface area contributed by atoms with Crippen LogP contribution in [0.4, 0.5) is 0 Å². The van der Waals surface area contributed by atoms with Crippen molar-refractivity contribution in [2.75, 3.05) is 7.11 Å². The highest BCUT2D eigenvalue weighted by Crippen LogP contribution is 2.27. The van der Waals surface area contributed by atoms with Crippen LogP contribution in [0.5, 0.6) is 11.8 Å². The minimum absolute atomic E-state index is 0.0996. The summed E-state index contributed by atoms with van der Waals surface area (Å²) in [6.07, 6.45) is 1.54. The normalized spacial score (nSPS) is 11.0. The SMILES string of the molecule is COc1nc2nn(-c3c(C)cc(C)cc3O)cc2c(=O)[nH]1. The molecule has 2 aromatic heterocycles. The third kappa shape index (κ3) is 2.12. The van der Waals surface area contributed by atoms with Gasteiger partial charge in [-0.05, 0) is 31.0 Å². The Kier molecular flexibility index (Phi) is 2.90. The predicted molar refractivity (Wildman–Crippen MR) is 77.2 cm³/mol. The Bertz CT molecular complexity index is 872. The lowest BCUT2D eigenvalue weighted by molar-refractivity contribution is 0.380. The summed E-state index contributed by atoms with van der Waals surface area (Å²) in [6.45, 7) is 3.76. The molecule has 0 saturated heterocycles. The maximum Gasteiger partial charge on any atom is 0.298 e. The second-order valence-corrected chi connectivity index (χ2v) is 4.84. The molecule has 0 aliphatic carbocycles. The maximum atomic E-state index is 11.9. The van der Waals surface area contributed by atoms with Crippen LogP contribution in [0.2, 0.25) is 0 Å². The number of nitrogens with one attached hydrogen (secondary N) is 1. The molecule has 1 aromatic carbocycles. The van der Waals surface area contributed by atoms with Crippen LogP contribution in [0.1, 0.15) is 11.1 Å². The molecule has 7 nitrogen and oxygen atoms in total. The van der Waals surface area contributed by atoms with Gasteiger partial charge in [0.2, 0.25) is 0 Å². The average Bonchev–Trinajstić information content (AvgIpc) is 2.81. The highest BCUT2D eigenvalue weighted by molar-refractivity contribution is 5.74. The van der Waals surface area contributed by atoms with Crippen LogP contribution in [0.25, 0.3) is 16.7 Å². The largest absolute Gasteiger partial charge is 0.506 e. The quantitative estimate of drug-likeness (QED) is 0.743. The van der Waals surface area contributed by atoms with Crippen molar-refractivity contribution in [3.8, 4) is 17.4 Å². The molecule has 3 rings (SSSR count). The van der Waals surface area contributed by atoms with Crippen molar-refractivity contribution in [1.29, 1.82) is 0 Å². The number of H-pyrrole nitrogens is 1. The van der Waals surface area contributed by atoms with E-state index in [0.29, 0.717) is 11.1 Å². The van der Waals surface area contributed by atoms with Gasteiger partial charge in [0.15, 0.2) is 5.65 Å². The van der Waals surface area contributed by atoms with Gasteiger partial charge in [0.25, 0.3) is 11.6 Å². The molecule has 0 bridgehead atoms. The lowest BCUT2D eigenvalue weighted by atomic mass is 10.1. The first kappa shape index (κ1) is 13.2. The average molecular weight is 286 g/mol. The molecule has 0 atom stereocenters. The third-order valence-electron chi connectivity index (χ3n) is 3.21. The molecule has 2 heterocycles. The van der Waals surface area contributed by atoms with Crippen molar-refractivity contribution in [3.05, 3.63) is 39.8 Å². The van der Waals surface area contributed by atoms with Crippen LogP contribution in [-0.2, 0) is 0 Å². The van der Waals surface area contributed by atoms with Crippen LogP contribution >= 0.6 is 0 Å². The van der Waals surface area contributed by atoms with Crippen molar-refractivity contribution in [2.45, 2.75) is 13.8 Å². The summed E-state index contributed by atoms with van der Waals surface area (Å²) in [4.78, 5) is 18.5. The number of nitrogens with zero attached hydrogens (tertiary/aromatic N) is 3. The number of hydrogen-bond acceptors (Lipinski definition) is 5. The Morgan fingerprint density at radius 3 is 2.76 bits per heavy atom. The summed E-state index contributed by atoms with van der Waals surface area (Å²) in [5.74, 6) is 0.101. The number of ether oxygens (including phenoxy) is 1. The van der Waals surface area contributed by atoms with Gasteiger partial charge in [0.05, 0.1) is 7.11 Å². The molecule has 0 aliphatic rings. The molecule has 108 valence electrons. The molecule has 0 fully saturated rings. The second kappa shape index (κ2) is 4.62. The van der Waals surface area contributed by atoms with E-state index in [-0.39, 0.29) is 23.0 Å². The van der Waals surface area contributed by atoms with Gasteiger partial charge in [-0.3, -0.25) is 9.78 Å². The second-order valence-electron chi connectivity index (χ2n) is 4.84. The van der Waals surface area contributed by atoms with Crippen LogP contribution in [0, 0.1) is 13.8 Å². The zero-order chi connectivity index (χ0) is 15.1. The summed E-state index contributed by atoms with van der Waals surface area (Å²) in [5.41, 5.74) is 2.24. The Hall–Kier alpha value is -2.83. The van der Waals surface area contributed by atoms with Crippen molar-refractivity contribution in [2.24, 2.45) is 0 Å². The van der Waals surface area contributed by atoms with Crippen molar-refractivity contribution >= 4 is 11.0 Å². The van der Waals surface area contributed by atoms with Gasteiger partial charge in [-0.2, -0.15) is 4.98 Å². The molecule has 2 N–H and O–H groups in total. The highest BCUT2D eigenvalue weighted by Gasteiger charge is 2.14. The van der Waals surface area contributed by atoms with Crippen molar-refractivity contribution in [3.63, 3.8) is 0 Å². The van der Waals surface area contributed by atoms with E-state index >= 15 is 0 Å². The van der Waals surface area contributed by atoms with Gasteiger partial charge < -0.3 is 9.84 Å². The van der Waals surface area contributed by atoms with Gasteiger partial charge in [-0.25, -0.2) is 4.68 Å². The number of aromatic amines is 1. The van der Waals surface area contributed by atoms with Crippen LogP contribution in [0.15, 0.2) is 23.1 Å². The number of aryl methyl sites for hydroxylation is 2. The van der Waals surface area contributed by atoms with E-state index in [4.69, 9.17) is 4.74 Å². The van der Waals surface area contributed by atoms with Crippen molar-refractivity contribution in [1.82, 2.24) is 19.7 Å². The lowest BCUT2D eigenvalue weighted by Gasteiger charge is -2.09. The van der Waals surface area contributed by atoms with E-state index in [0.717, 1.165) is 11.1 Å². The first-order chi connectivity index (χ1) is 9.99. The zero-order valence-corrected chi connectivity index (χ0v) is 11.8.